The number of nitrogens with zero attached hydrogens (tertiary/aromatic N) is 3. The quantitative estimate of drug-likeness (QED) is 0.689. The van der Waals surface area contributed by atoms with Crippen LogP contribution >= 0.6 is 11.6 Å². The van der Waals surface area contributed by atoms with Gasteiger partial charge < -0.3 is 4.90 Å². The van der Waals surface area contributed by atoms with Gasteiger partial charge in [0, 0.05) is 22.3 Å². The number of fused-ring (bicyclic) bond motifs is 1. The summed E-state index contributed by atoms with van der Waals surface area (Å²) in [5.41, 5.74) is 4.07. The first kappa shape index (κ1) is 15.8. The second-order valence-electron chi connectivity index (χ2n) is 6.16. The number of hydrogen-bond donors (Lipinski definition) is 0. The van der Waals surface area contributed by atoms with Gasteiger partial charge in [-0.15, -0.1) is 0 Å². The number of carbonyl (C=O) groups excluding carboxylic acids is 1. The fraction of sp³-hybridized carbons (Fsp3) is 0.150. The van der Waals surface area contributed by atoms with Crippen molar-refractivity contribution in [2.75, 3.05) is 4.90 Å². The molecule has 1 aliphatic heterocycles. The predicted octanol–water partition coefficient (Wildman–Crippen LogP) is 4.39. The predicted molar refractivity (Wildman–Crippen MR) is 98.9 cm³/mol. The summed E-state index contributed by atoms with van der Waals surface area (Å²) in [6.07, 6.45) is 2.28. The molecule has 1 aliphatic rings. The number of aromatic nitrogens is 2. The van der Waals surface area contributed by atoms with Crippen LogP contribution in [-0.4, -0.2) is 21.9 Å². The van der Waals surface area contributed by atoms with E-state index in [1.165, 1.54) is 11.9 Å². The maximum absolute atomic E-state index is 13.1. The molecule has 4 rings (SSSR count). The van der Waals surface area contributed by atoms with Crippen LogP contribution in [0.4, 0.5) is 5.69 Å². The Kier molecular flexibility index (Phi) is 3.98. The molecule has 0 N–H and O–H groups in total. The van der Waals surface area contributed by atoms with Crippen molar-refractivity contribution in [2.24, 2.45) is 0 Å². The summed E-state index contributed by atoms with van der Waals surface area (Å²) in [6, 6.07) is 17.2. The van der Waals surface area contributed by atoms with Crippen molar-refractivity contribution in [3.63, 3.8) is 0 Å². The molecular weight excluding hydrogens is 334 g/mol. The first-order chi connectivity index (χ1) is 12.1. The number of anilines is 1. The van der Waals surface area contributed by atoms with E-state index in [2.05, 4.69) is 23.0 Å². The van der Waals surface area contributed by atoms with Crippen molar-refractivity contribution < 1.29 is 4.79 Å². The molecule has 1 atom stereocenters. The Hall–Kier alpha value is -2.72. The molecule has 2 aromatic carbocycles. The highest BCUT2D eigenvalue weighted by atomic mass is 35.5. The minimum atomic E-state index is -0.108. The molecule has 1 unspecified atom stereocenters. The minimum absolute atomic E-state index is 0.106. The summed E-state index contributed by atoms with van der Waals surface area (Å²) in [5.74, 6) is -0.108. The van der Waals surface area contributed by atoms with Crippen molar-refractivity contribution in [1.82, 2.24) is 9.97 Å². The van der Waals surface area contributed by atoms with Crippen molar-refractivity contribution in [3.8, 4) is 11.3 Å². The summed E-state index contributed by atoms with van der Waals surface area (Å²) in [4.78, 5) is 23.4. The first-order valence-corrected chi connectivity index (χ1v) is 8.51. The summed E-state index contributed by atoms with van der Waals surface area (Å²) >= 11 is 6.06. The van der Waals surface area contributed by atoms with Gasteiger partial charge in [0.2, 0.25) is 0 Å². The van der Waals surface area contributed by atoms with E-state index in [-0.39, 0.29) is 11.9 Å². The van der Waals surface area contributed by atoms with E-state index >= 15 is 0 Å². The zero-order valence-corrected chi connectivity index (χ0v) is 14.4. The van der Waals surface area contributed by atoms with Crippen molar-refractivity contribution >= 4 is 23.2 Å². The summed E-state index contributed by atoms with van der Waals surface area (Å²) < 4.78 is 0. The molecule has 0 radical (unpaired) electrons. The van der Waals surface area contributed by atoms with E-state index in [0.29, 0.717) is 16.4 Å². The zero-order valence-electron chi connectivity index (χ0n) is 13.7. The van der Waals surface area contributed by atoms with Gasteiger partial charge in [0.05, 0.1) is 5.69 Å². The topological polar surface area (TPSA) is 46.1 Å². The van der Waals surface area contributed by atoms with Crippen LogP contribution in [0.15, 0.2) is 60.9 Å². The lowest BCUT2D eigenvalue weighted by Crippen LogP contribution is -2.36. The smallest absolute Gasteiger partial charge is 0.277 e. The number of rotatable bonds is 2. The normalized spacial score (nSPS) is 15.9. The van der Waals surface area contributed by atoms with E-state index in [4.69, 9.17) is 11.6 Å². The zero-order chi connectivity index (χ0) is 17.4. The van der Waals surface area contributed by atoms with E-state index in [1.807, 2.05) is 41.3 Å². The Labute approximate surface area is 151 Å². The number of amides is 1. The largest absolute Gasteiger partial charge is 0.304 e. The second-order valence-corrected chi connectivity index (χ2v) is 6.59. The van der Waals surface area contributed by atoms with Crippen LogP contribution in [0.1, 0.15) is 23.0 Å². The number of benzene rings is 2. The Morgan fingerprint density at radius 3 is 2.80 bits per heavy atom. The van der Waals surface area contributed by atoms with Gasteiger partial charge in [-0.25, -0.2) is 9.97 Å². The van der Waals surface area contributed by atoms with Crippen LogP contribution in [0.5, 0.6) is 0 Å². The average molecular weight is 350 g/mol. The van der Waals surface area contributed by atoms with E-state index in [9.17, 15) is 4.79 Å². The van der Waals surface area contributed by atoms with Crippen molar-refractivity contribution in [3.05, 3.63) is 77.2 Å². The molecule has 124 valence electrons. The van der Waals surface area contributed by atoms with Gasteiger partial charge in [0.15, 0.2) is 0 Å². The van der Waals surface area contributed by atoms with Gasteiger partial charge in [0.1, 0.15) is 12.0 Å². The molecule has 0 bridgehead atoms. The van der Waals surface area contributed by atoms with Crippen molar-refractivity contribution in [1.29, 1.82) is 0 Å². The fourth-order valence-corrected chi connectivity index (χ4v) is 3.47. The van der Waals surface area contributed by atoms with Crippen LogP contribution in [0.3, 0.4) is 0 Å². The highest BCUT2D eigenvalue weighted by molar-refractivity contribution is 6.30. The maximum Gasteiger partial charge on any atom is 0.277 e. The van der Waals surface area contributed by atoms with Gasteiger partial charge in [-0.3, -0.25) is 4.79 Å². The molecule has 0 saturated heterocycles. The van der Waals surface area contributed by atoms with Gasteiger partial charge >= 0.3 is 0 Å². The Morgan fingerprint density at radius 1 is 1.12 bits per heavy atom. The lowest BCUT2D eigenvalue weighted by atomic mass is 10.1. The van der Waals surface area contributed by atoms with Crippen LogP contribution in [0, 0.1) is 0 Å². The standard InChI is InChI=1S/C20H16ClN3O/c1-13-9-15-5-2-3-8-19(15)24(13)20(25)18-11-17(22-12-23-18)14-6-4-7-16(21)10-14/h2-8,10-13H,9H2,1H3. The number of halogens is 1. The molecule has 4 nitrogen and oxygen atoms in total. The molecule has 0 spiro atoms. The molecular formula is C20H16ClN3O. The van der Waals surface area contributed by atoms with E-state index < -0.39 is 0 Å². The van der Waals surface area contributed by atoms with Crippen LogP contribution in [0.25, 0.3) is 11.3 Å². The van der Waals surface area contributed by atoms with Gasteiger partial charge in [-0.05, 0) is 43.2 Å². The SMILES string of the molecule is CC1Cc2ccccc2N1C(=O)c1cc(-c2cccc(Cl)c2)ncn1. The van der Waals surface area contributed by atoms with E-state index in [0.717, 1.165) is 17.7 Å². The molecule has 1 aromatic heterocycles. The number of carbonyl (C=O) groups is 1. The van der Waals surface area contributed by atoms with Gasteiger partial charge in [-0.2, -0.15) is 0 Å². The molecule has 2 heterocycles. The van der Waals surface area contributed by atoms with E-state index in [1.54, 1.807) is 12.1 Å². The average Bonchev–Trinajstić information content (AvgIpc) is 2.97. The van der Waals surface area contributed by atoms with Gasteiger partial charge in [0.25, 0.3) is 5.91 Å². The third-order valence-corrected chi connectivity index (χ3v) is 4.67. The fourth-order valence-electron chi connectivity index (χ4n) is 3.28. The minimum Gasteiger partial charge on any atom is -0.304 e. The van der Waals surface area contributed by atoms with Gasteiger partial charge in [-0.1, -0.05) is 41.9 Å². The summed E-state index contributed by atoms with van der Waals surface area (Å²) in [6.45, 7) is 2.05. The third kappa shape index (κ3) is 2.89. The molecule has 3 aromatic rings. The van der Waals surface area contributed by atoms with Crippen molar-refractivity contribution in [2.45, 2.75) is 19.4 Å². The molecule has 25 heavy (non-hydrogen) atoms. The molecule has 0 saturated carbocycles. The summed E-state index contributed by atoms with van der Waals surface area (Å²) in [7, 11) is 0. The molecule has 1 amide bonds. The Balaban J connectivity index is 1.71. The number of hydrogen-bond acceptors (Lipinski definition) is 3. The second kappa shape index (κ2) is 6.30. The highest BCUT2D eigenvalue weighted by Gasteiger charge is 2.32. The molecule has 0 aliphatic carbocycles. The van der Waals surface area contributed by atoms with Crippen LogP contribution < -0.4 is 4.90 Å². The highest BCUT2D eigenvalue weighted by Crippen LogP contribution is 2.33. The van der Waals surface area contributed by atoms with Crippen LogP contribution in [0.2, 0.25) is 5.02 Å². The summed E-state index contributed by atoms with van der Waals surface area (Å²) in [5, 5.41) is 0.631. The lowest BCUT2D eigenvalue weighted by Gasteiger charge is -2.22. The number of para-hydroxylation sites is 1. The first-order valence-electron chi connectivity index (χ1n) is 8.13. The third-order valence-electron chi connectivity index (χ3n) is 4.43. The Morgan fingerprint density at radius 2 is 1.96 bits per heavy atom. The van der Waals surface area contributed by atoms with Crippen LogP contribution in [-0.2, 0) is 6.42 Å². The lowest BCUT2D eigenvalue weighted by molar-refractivity contribution is 0.0976. The molecule has 5 heteroatoms. The Bertz CT molecular complexity index is 957. The molecule has 0 fully saturated rings. The monoisotopic (exact) mass is 349 g/mol. The maximum atomic E-state index is 13.1.